The van der Waals surface area contributed by atoms with Crippen LogP contribution in [0.4, 0.5) is 5.13 Å². The van der Waals surface area contributed by atoms with Crippen molar-refractivity contribution < 1.29 is 4.74 Å². The number of hydrogen-bond acceptors (Lipinski definition) is 6. The highest BCUT2D eigenvalue weighted by molar-refractivity contribution is 7.22. The predicted octanol–water partition coefficient (Wildman–Crippen LogP) is 2.79. The summed E-state index contributed by atoms with van der Waals surface area (Å²) in [7, 11) is 1.58. The number of nitrogens with zero attached hydrogens (tertiary/aromatic N) is 2. The van der Waals surface area contributed by atoms with Crippen LogP contribution in [-0.4, -0.2) is 22.1 Å². The Morgan fingerprint density at radius 2 is 1.91 bits per heavy atom. The molecule has 0 aliphatic heterocycles. The molecule has 0 amide bonds. The van der Waals surface area contributed by atoms with Gasteiger partial charge in [-0.25, -0.2) is 9.97 Å². The number of hydrogen-bond donors (Lipinski definition) is 2. The summed E-state index contributed by atoms with van der Waals surface area (Å²) in [5.74, 6) is 1.12. The fourth-order valence-corrected chi connectivity index (χ4v) is 3.47. The maximum atomic E-state index is 12.6. The van der Waals surface area contributed by atoms with Crippen LogP contribution < -0.4 is 16.0 Å². The van der Waals surface area contributed by atoms with Crippen molar-refractivity contribution >= 4 is 37.6 Å². The largest absolute Gasteiger partial charge is 0.496 e. The van der Waals surface area contributed by atoms with Crippen LogP contribution >= 0.6 is 11.3 Å². The molecule has 7 heteroatoms. The number of H-pyrrole nitrogens is 1. The minimum absolute atomic E-state index is 0.217. The second kappa shape index (κ2) is 5.06. The molecule has 2 aromatic carbocycles. The summed E-state index contributed by atoms with van der Waals surface area (Å²) in [6.07, 6.45) is 0. The third-order valence-electron chi connectivity index (χ3n) is 3.61. The molecule has 4 aromatic rings. The number of thiazole rings is 1. The molecule has 0 radical (unpaired) electrons. The average Bonchev–Trinajstić information content (AvgIpc) is 2.94. The molecule has 0 aliphatic rings. The molecule has 2 heterocycles. The standard InChI is InChI=1S/C16H12N4O2S/c1-22-11-5-3-2-4-8(11)14-18-9-6-7-10-13(23-16(17)19-10)12(9)15(21)20-14/h2-7H,1H3,(H2,17,19)(H,18,20,21). The molecule has 0 fully saturated rings. The third-order valence-corrected chi connectivity index (χ3v) is 4.52. The van der Waals surface area contributed by atoms with Gasteiger partial charge in [0.25, 0.3) is 5.56 Å². The predicted molar refractivity (Wildman–Crippen MR) is 91.9 cm³/mol. The first-order valence-corrected chi connectivity index (χ1v) is 7.71. The lowest BCUT2D eigenvalue weighted by Crippen LogP contribution is -2.10. The fraction of sp³-hybridized carbons (Fsp3) is 0.0625. The minimum atomic E-state index is -0.217. The molecule has 0 aliphatic carbocycles. The number of aromatic amines is 1. The first-order valence-electron chi connectivity index (χ1n) is 6.90. The number of nitrogen functional groups attached to an aromatic ring is 1. The Morgan fingerprint density at radius 1 is 1.13 bits per heavy atom. The van der Waals surface area contributed by atoms with Crippen LogP contribution in [0.1, 0.15) is 0 Å². The maximum absolute atomic E-state index is 12.6. The van der Waals surface area contributed by atoms with Crippen LogP contribution in [0.3, 0.4) is 0 Å². The molecule has 0 saturated carbocycles. The van der Waals surface area contributed by atoms with Crippen LogP contribution in [-0.2, 0) is 0 Å². The van der Waals surface area contributed by atoms with Crippen molar-refractivity contribution in [2.45, 2.75) is 0 Å². The van der Waals surface area contributed by atoms with E-state index >= 15 is 0 Å². The monoisotopic (exact) mass is 324 g/mol. The quantitative estimate of drug-likeness (QED) is 0.591. The maximum Gasteiger partial charge on any atom is 0.260 e. The van der Waals surface area contributed by atoms with E-state index in [1.54, 1.807) is 13.2 Å². The van der Waals surface area contributed by atoms with E-state index in [1.165, 1.54) is 11.3 Å². The van der Waals surface area contributed by atoms with E-state index < -0.39 is 0 Å². The summed E-state index contributed by atoms with van der Waals surface area (Å²) >= 11 is 1.29. The summed E-state index contributed by atoms with van der Waals surface area (Å²) in [6.45, 7) is 0. The lowest BCUT2D eigenvalue weighted by atomic mass is 10.1. The molecule has 0 bridgehead atoms. The summed E-state index contributed by atoms with van der Waals surface area (Å²) in [5.41, 5.74) is 7.57. The molecule has 6 nitrogen and oxygen atoms in total. The van der Waals surface area contributed by atoms with Gasteiger partial charge in [-0.05, 0) is 24.3 Å². The Balaban J connectivity index is 2.05. The van der Waals surface area contributed by atoms with Gasteiger partial charge in [-0.3, -0.25) is 4.79 Å². The number of para-hydroxylation sites is 1. The molecule has 114 valence electrons. The van der Waals surface area contributed by atoms with Crippen LogP contribution in [0.25, 0.3) is 32.5 Å². The van der Waals surface area contributed by atoms with Gasteiger partial charge in [-0.15, -0.1) is 0 Å². The molecule has 0 saturated heterocycles. The fourth-order valence-electron chi connectivity index (χ4n) is 2.60. The SMILES string of the molecule is COc1ccccc1-c1nc2ccc3nc(N)sc3c2c(=O)[nH]1. The van der Waals surface area contributed by atoms with E-state index in [0.717, 1.165) is 10.3 Å². The Morgan fingerprint density at radius 3 is 2.74 bits per heavy atom. The van der Waals surface area contributed by atoms with Crippen molar-refractivity contribution in [3.8, 4) is 17.1 Å². The van der Waals surface area contributed by atoms with Gasteiger partial charge in [0.2, 0.25) is 0 Å². The molecule has 0 atom stereocenters. The van der Waals surface area contributed by atoms with E-state index in [4.69, 9.17) is 10.5 Å². The highest BCUT2D eigenvalue weighted by Crippen LogP contribution is 2.31. The Hall–Kier alpha value is -2.93. The van der Waals surface area contributed by atoms with Gasteiger partial charge in [0.1, 0.15) is 11.6 Å². The highest BCUT2D eigenvalue weighted by atomic mass is 32.1. The second-order valence-electron chi connectivity index (χ2n) is 4.97. The van der Waals surface area contributed by atoms with E-state index in [0.29, 0.717) is 33.1 Å². The normalized spacial score (nSPS) is 11.2. The molecular weight excluding hydrogens is 312 g/mol. The molecule has 23 heavy (non-hydrogen) atoms. The zero-order valence-corrected chi connectivity index (χ0v) is 13.0. The first kappa shape index (κ1) is 13.7. The van der Waals surface area contributed by atoms with Gasteiger partial charge < -0.3 is 15.5 Å². The second-order valence-corrected chi connectivity index (χ2v) is 6.01. The lowest BCUT2D eigenvalue weighted by molar-refractivity contribution is 0.416. The van der Waals surface area contributed by atoms with Gasteiger partial charge in [0.15, 0.2) is 5.13 Å². The molecule has 0 unspecified atom stereocenters. The number of fused-ring (bicyclic) bond motifs is 3. The Kier molecular flexibility index (Phi) is 3.02. The van der Waals surface area contributed by atoms with Crippen molar-refractivity contribution in [1.82, 2.24) is 15.0 Å². The molecular formula is C16H12N4O2S. The highest BCUT2D eigenvalue weighted by Gasteiger charge is 2.14. The van der Waals surface area contributed by atoms with Crippen molar-refractivity contribution in [2.75, 3.05) is 12.8 Å². The van der Waals surface area contributed by atoms with Gasteiger partial charge in [-0.1, -0.05) is 23.5 Å². The number of aromatic nitrogens is 3. The van der Waals surface area contributed by atoms with E-state index in [9.17, 15) is 4.79 Å². The summed E-state index contributed by atoms with van der Waals surface area (Å²) in [6, 6.07) is 11.0. The lowest BCUT2D eigenvalue weighted by Gasteiger charge is -2.08. The summed E-state index contributed by atoms with van der Waals surface area (Å²) in [5, 5.41) is 0.941. The Labute approximate surface area is 134 Å². The number of anilines is 1. The van der Waals surface area contributed by atoms with Gasteiger partial charge >= 0.3 is 0 Å². The van der Waals surface area contributed by atoms with E-state index in [1.807, 2.05) is 30.3 Å². The van der Waals surface area contributed by atoms with Crippen molar-refractivity contribution in [3.63, 3.8) is 0 Å². The smallest absolute Gasteiger partial charge is 0.260 e. The van der Waals surface area contributed by atoms with Gasteiger partial charge in [-0.2, -0.15) is 0 Å². The van der Waals surface area contributed by atoms with Crippen molar-refractivity contribution in [2.24, 2.45) is 0 Å². The number of nitrogens with one attached hydrogen (secondary N) is 1. The van der Waals surface area contributed by atoms with E-state index in [-0.39, 0.29) is 5.56 Å². The summed E-state index contributed by atoms with van der Waals surface area (Å²) < 4.78 is 6.09. The zero-order valence-electron chi connectivity index (χ0n) is 12.2. The van der Waals surface area contributed by atoms with Crippen LogP contribution in [0.5, 0.6) is 5.75 Å². The average molecular weight is 324 g/mol. The van der Waals surface area contributed by atoms with Crippen LogP contribution in [0, 0.1) is 0 Å². The van der Waals surface area contributed by atoms with E-state index in [2.05, 4.69) is 15.0 Å². The number of methoxy groups -OCH3 is 1. The first-order chi connectivity index (χ1) is 11.2. The molecule has 2 aromatic heterocycles. The van der Waals surface area contributed by atoms with Crippen molar-refractivity contribution in [1.29, 1.82) is 0 Å². The third kappa shape index (κ3) is 2.13. The topological polar surface area (TPSA) is 93.9 Å². The van der Waals surface area contributed by atoms with Gasteiger partial charge in [0.05, 0.1) is 33.8 Å². The number of benzene rings is 2. The molecule has 0 spiro atoms. The number of rotatable bonds is 2. The minimum Gasteiger partial charge on any atom is -0.496 e. The molecule has 3 N–H and O–H groups in total. The zero-order chi connectivity index (χ0) is 16.0. The van der Waals surface area contributed by atoms with Crippen LogP contribution in [0.15, 0.2) is 41.2 Å². The van der Waals surface area contributed by atoms with Crippen molar-refractivity contribution in [3.05, 3.63) is 46.8 Å². The molecule has 4 rings (SSSR count). The number of ether oxygens (including phenoxy) is 1. The number of nitrogens with two attached hydrogens (primary N) is 1. The summed E-state index contributed by atoms with van der Waals surface area (Å²) in [4.78, 5) is 24.2. The Bertz CT molecular complexity index is 1100. The van der Waals surface area contributed by atoms with Gasteiger partial charge in [0, 0.05) is 0 Å². The van der Waals surface area contributed by atoms with Crippen LogP contribution in [0.2, 0.25) is 0 Å².